The number of ether oxygens (including phenoxy) is 1. The fourth-order valence-electron chi connectivity index (χ4n) is 3.01. The van der Waals surface area contributed by atoms with E-state index >= 15 is 0 Å². The summed E-state index contributed by atoms with van der Waals surface area (Å²) >= 11 is 0. The first-order chi connectivity index (χ1) is 16.3. The molecular formula is C23H21FN6O3S. The van der Waals surface area contributed by atoms with Crippen LogP contribution in [-0.4, -0.2) is 30.4 Å². The predicted octanol–water partition coefficient (Wildman–Crippen LogP) is 4.51. The molecule has 0 fully saturated rings. The van der Waals surface area contributed by atoms with E-state index in [2.05, 4.69) is 30.3 Å². The number of sulfonamides is 1. The highest BCUT2D eigenvalue weighted by Gasteiger charge is 2.16. The van der Waals surface area contributed by atoms with Crippen LogP contribution in [0.5, 0.6) is 11.5 Å². The first kappa shape index (κ1) is 23.1. The fraction of sp³-hybridized carbons (Fsp3) is 0.0870. The minimum absolute atomic E-state index is 0.0476. The van der Waals surface area contributed by atoms with E-state index in [-0.39, 0.29) is 16.7 Å². The van der Waals surface area contributed by atoms with E-state index in [0.29, 0.717) is 28.4 Å². The zero-order chi connectivity index (χ0) is 24.1. The minimum Gasteiger partial charge on any atom is -0.456 e. The van der Waals surface area contributed by atoms with E-state index in [1.165, 1.54) is 13.1 Å². The number of aryl methyl sites for hydroxylation is 1. The van der Waals surface area contributed by atoms with E-state index in [1.54, 1.807) is 67.8 Å². The van der Waals surface area contributed by atoms with Crippen LogP contribution >= 0.6 is 0 Å². The number of nitrogens with zero attached hydrogens (tertiary/aromatic N) is 3. The van der Waals surface area contributed by atoms with Gasteiger partial charge >= 0.3 is 0 Å². The van der Waals surface area contributed by atoms with Gasteiger partial charge < -0.3 is 15.4 Å². The molecule has 0 saturated heterocycles. The summed E-state index contributed by atoms with van der Waals surface area (Å²) in [5.41, 5.74) is 1.60. The predicted molar refractivity (Wildman–Crippen MR) is 127 cm³/mol. The maximum Gasteiger partial charge on any atom is 0.240 e. The van der Waals surface area contributed by atoms with E-state index in [1.807, 2.05) is 0 Å². The van der Waals surface area contributed by atoms with Crippen LogP contribution in [0.1, 0.15) is 5.56 Å². The fourth-order valence-corrected chi connectivity index (χ4v) is 4.00. The van der Waals surface area contributed by atoms with Crippen LogP contribution in [0.15, 0.2) is 78.1 Å². The highest BCUT2D eigenvalue weighted by atomic mass is 32.2. The minimum atomic E-state index is -3.64. The molecule has 0 spiro atoms. The third-order valence-electron chi connectivity index (χ3n) is 4.73. The maximum absolute atomic E-state index is 14.3. The van der Waals surface area contributed by atoms with E-state index < -0.39 is 15.8 Å². The van der Waals surface area contributed by atoms with Crippen LogP contribution in [-0.2, 0) is 10.0 Å². The maximum atomic E-state index is 14.3. The molecular weight excluding hydrogens is 459 g/mol. The molecule has 2 aromatic carbocycles. The number of nitrogens with one attached hydrogen (secondary N) is 3. The van der Waals surface area contributed by atoms with Crippen LogP contribution in [0.2, 0.25) is 0 Å². The van der Waals surface area contributed by atoms with Crippen molar-refractivity contribution < 1.29 is 17.5 Å². The van der Waals surface area contributed by atoms with Crippen molar-refractivity contribution in [2.24, 2.45) is 0 Å². The summed E-state index contributed by atoms with van der Waals surface area (Å²) < 4.78 is 46.8. The van der Waals surface area contributed by atoms with Gasteiger partial charge in [0.15, 0.2) is 11.6 Å². The third-order valence-corrected chi connectivity index (χ3v) is 6.29. The van der Waals surface area contributed by atoms with Crippen molar-refractivity contribution >= 4 is 33.2 Å². The van der Waals surface area contributed by atoms with Crippen molar-refractivity contribution in [3.05, 3.63) is 84.6 Å². The summed E-state index contributed by atoms with van der Waals surface area (Å²) in [4.78, 5) is 12.2. The van der Waals surface area contributed by atoms with Crippen molar-refractivity contribution in [2.45, 2.75) is 11.8 Å². The smallest absolute Gasteiger partial charge is 0.240 e. The van der Waals surface area contributed by atoms with Crippen molar-refractivity contribution in [1.82, 2.24) is 19.7 Å². The Bertz CT molecular complexity index is 1400. The molecule has 0 radical (unpaired) electrons. The van der Waals surface area contributed by atoms with E-state index in [9.17, 15) is 12.8 Å². The van der Waals surface area contributed by atoms with Crippen LogP contribution in [0, 0.1) is 12.7 Å². The molecule has 9 nitrogen and oxygen atoms in total. The summed E-state index contributed by atoms with van der Waals surface area (Å²) in [5, 5.41) is 5.81. The first-order valence-corrected chi connectivity index (χ1v) is 11.6. The summed E-state index contributed by atoms with van der Waals surface area (Å²) in [6, 6.07) is 15.2. The molecule has 2 aromatic heterocycles. The summed E-state index contributed by atoms with van der Waals surface area (Å²) in [6.45, 7) is 1.69. The van der Waals surface area contributed by atoms with Crippen LogP contribution in [0.25, 0.3) is 0 Å². The highest BCUT2D eigenvalue weighted by molar-refractivity contribution is 7.89. The second kappa shape index (κ2) is 9.81. The molecule has 0 saturated carbocycles. The third kappa shape index (κ3) is 5.45. The molecule has 0 unspecified atom stereocenters. The molecule has 0 aliphatic carbocycles. The number of benzene rings is 2. The molecule has 0 aliphatic heterocycles. The molecule has 0 amide bonds. The zero-order valence-corrected chi connectivity index (χ0v) is 19.1. The highest BCUT2D eigenvalue weighted by Crippen LogP contribution is 2.26. The van der Waals surface area contributed by atoms with Gasteiger partial charge in [0.05, 0.1) is 17.3 Å². The van der Waals surface area contributed by atoms with Crippen LogP contribution < -0.4 is 20.1 Å². The Balaban J connectivity index is 1.50. The molecule has 0 atom stereocenters. The topological polar surface area (TPSA) is 118 Å². The molecule has 0 aliphatic rings. The normalized spacial score (nSPS) is 11.1. The Morgan fingerprint density at radius 2 is 1.71 bits per heavy atom. The van der Waals surface area contributed by atoms with Gasteiger partial charge in [-0.15, -0.1) is 0 Å². The van der Waals surface area contributed by atoms with Crippen LogP contribution in [0.4, 0.5) is 27.5 Å². The zero-order valence-electron chi connectivity index (χ0n) is 18.3. The van der Waals surface area contributed by atoms with Gasteiger partial charge in [-0.1, -0.05) is 6.07 Å². The average molecular weight is 481 g/mol. The lowest BCUT2D eigenvalue weighted by atomic mass is 10.2. The molecule has 34 heavy (non-hydrogen) atoms. The van der Waals surface area contributed by atoms with Gasteiger partial charge in [-0.25, -0.2) is 22.5 Å². The quantitative estimate of drug-likeness (QED) is 0.337. The van der Waals surface area contributed by atoms with Gasteiger partial charge in [0, 0.05) is 17.6 Å². The number of hydrogen-bond acceptors (Lipinski definition) is 8. The Kier molecular flexibility index (Phi) is 6.66. The molecule has 174 valence electrons. The van der Waals surface area contributed by atoms with Crippen LogP contribution in [0.3, 0.4) is 0 Å². The van der Waals surface area contributed by atoms with E-state index in [4.69, 9.17) is 4.74 Å². The van der Waals surface area contributed by atoms with Gasteiger partial charge in [-0.05, 0) is 68.1 Å². The molecule has 2 heterocycles. The monoisotopic (exact) mass is 480 g/mol. The number of halogens is 1. The van der Waals surface area contributed by atoms with Crippen molar-refractivity contribution in [3.8, 4) is 11.5 Å². The molecule has 4 rings (SSSR count). The number of rotatable bonds is 8. The van der Waals surface area contributed by atoms with Gasteiger partial charge in [0.2, 0.25) is 16.0 Å². The second-order valence-electron chi connectivity index (χ2n) is 7.14. The lowest BCUT2D eigenvalue weighted by Gasteiger charge is -2.12. The molecule has 0 bridgehead atoms. The summed E-state index contributed by atoms with van der Waals surface area (Å²) in [7, 11) is -2.30. The van der Waals surface area contributed by atoms with Crippen molar-refractivity contribution in [2.75, 3.05) is 17.7 Å². The van der Waals surface area contributed by atoms with E-state index in [0.717, 1.165) is 6.20 Å². The first-order valence-electron chi connectivity index (χ1n) is 10.1. The number of anilines is 4. The summed E-state index contributed by atoms with van der Waals surface area (Å²) in [5.74, 6) is 0.590. The van der Waals surface area contributed by atoms with Crippen molar-refractivity contribution in [1.29, 1.82) is 0 Å². The second-order valence-corrected chi connectivity index (χ2v) is 9.00. The lowest BCUT2D eigenvalue weighted by Crippen LogP contribution is -2.19. The average Bonchev–Trinajstić information content (AvgIpc) is 2.84. The molecule has 11 heteroatoms. The standard InChI is InChI=1S/C23H21FN6O3S/c1-15-5-6-17(12-21(15)34(31,32)25-2)29-23-27-14-20(24)22(30-23)28-16-7-9-18(10-8-16)33-19-4-3-11-26-13-19/h3-14,25H,1-2H3,(H2,27,28,29,30). The van der Waals surface area contributed by atoms with Gasteiger partial charge in [0.1, 0.15) is 11.5 Å². The Hall–Kier alpha value is -4.09. The number of aromatic nitrogens is 3. The van der Waals surface area contributed by atoms with Crippen molar-refractivity contribution in [3.63, 3.8) is 0 Å². The Morgan fingerprint density at radius 1 is 0.941 bits per heavy atom. The molecule has 4 aromatic rings. The lowest BCUT2D eigenvalue weighted by molar-refractivity contribution is 0.480. The Labute approximate surface area is 196 Å². The largest absolute Gasteiger partial charge is 0.456 e. The number of hydrogen-bond donors (Lipinski definition) is 3. The Morgan fingerprint density at radius 3 is 2.41 bits per heavy atom. The van der Waals surface area contributed by atoms with Gasteiger partial charge in [-0.2, -0.15) is 4.98 Å². The summed E-state index contributed by atoms with van der Waals surface area (Å²) in [6.07, 6.45) is 4.28. The van der Waals surface area contributed by atoms with Gasteiger partial charge in [0.25, 0.3) is 0 Å². The number of pyridine rings is 1. The van der Waals surface area contributed by atoms with Gasteiger partial charge in [-0.3, -0.25) is 4.98 Å². The molecule has 3 N–H and O–H groups in total. The SMILES string of the molecule is CNS(=O)(=O)c1cc(Nc2ncc(F)c(Nc3ccc(Oc4cccnc4)cc3)n2)ccc1C.